The third kappa shape index (κ3) is 3.46. The van der Waals surface area contributed by atoms with Crippen LogP contribution in [-0.2, 0) is 11.3 Å². The van der Waals surface area contributed by atoms with Crippen molar-refractivity contribution in [3.63, 3.8) is 0 Å². The normalized spacial score (nSPS) is 10.4. The molecule has 0 saturated heterocycles. The molecule has 1 heterocycles. The third-order valence-electron chi connectivity index (χ3n) is 2.49. The molecule has 7 heteroatoms. The smallest absolute Gasteiger partial charge is 0.221 e. The lowest BCUT2D eigenvalue weighted by atomic mass is 10.3. The lowest BCUT2D eigenvalue weighted by Gasteiger charge is -2.10. The van der Waals surface area contributed by atoms with Crippen molar-refractivity contribution < 1.29 is 13.6 Å². The first-order valence-electron chi connectivity index (χ1n) is 5.69. The summed E-state index contributed by atoms with van der Waals surface area (Å²) < 4.78 is 26.5. The second kappa shape index (κ2) is 6.19. The van der Waals surface area contributed by atoms with Gasteiger partial charge in [0.1, 0.15) is 5.82 Å². The Labute approximate surface area is 123 Å². The number of hydrogen-bond acceptors (Lipinski definition) is 3. The lowest BCUT2D eigenvalue weighted by molar-refractivity contribution is -0.114. The summed E-state index contributed by atoms with van der Waals surface area (Å²) in [6, 6.07) is 3.55. The first-order valence-corrected chi connectivity index (χ1v) is 6.95. The van der Waals surface area contributed by atoms with Crippen molar-refractivity contribution in [3.8, 4) is 0 Å². The van der Waals surface area contributed by atoms with Crippen LogP contribution in [0.1, 0.15) is 11.8 Å². The van der Waals surface area contributed by atoms with Gasteiger partial charge in [-0.1, -0.05) is 11.6 Å². The zero-order valence-electron chi connectivity index (χ0n) is 10.5. The van der Waals surface area contributed by atoms with Crippen LogP contribution in [0, 0.1) is 11.6 Å². The van der Waals surface area contributed by atoms with Crippen molar-refractivity contribution in [2.24, 2.45) is 0 Å². The number of benzene rings is 1. The molecule has 0 fully saturated rings. The number of amides is 1. The maximum atomic E-state index is 13.6. The van der Waals surface area contributed by atoms with E-state index in [9.17, 15) is 13.6 Å². The Morgan fingerprint density at radius 1 is 1.40 bits per heavy atom. The fourth-order valence-corrected chi connectivity index (χ4v) is 2.69. The summed E-state index contributed by atoms with van der Waals surface area (Å²) in [5.74, 6) is -1.67. The number of nitrogens with one attached hydrogen (secondary N) is 2. The van der Waals surface area contributed by atoms with Crippen molar-refractivity contribution in [2.45, 2.75) is 13.5 Å². The van der Waals surface area contributed by atoms with E-state index in [-0.39, 0.29) is 23.2 Å². The van der Waals surface area contributed by atoms with E-state index in [4.69, 9.17) is 11.6 Å². The van der Waals surface area contributed by atoms with Crippen molar-refractivity contribution in [1.82, 2.24) is 0 Å². The van der Waals surface area contributed by atoms with Crippen molar-refractivity contribution >= 4 is 40.2 Å². The second-order valence-corrected chi connectivity index (χ2v) is 5.44. The van der Waals surface area contributed by atoms with Crippen LogP contribution in [0.4, 0.5) is 20.2 Å². The molecular weight excluding hydrogens is 306 g/mol. The van der Waals surface area contributed by atoms with Gasteiger partial charge in [0.05, 0.1) is 22.9 Å². The quantitative estimate of drug-likeness (QED) is 0.885. The number of carbonyl (C=O) groups excluding carboxylic acids is 1. The number of anilines is 2. The van der Waals surface area contributed by atoms with E-state index in [2.05, 4.69) is 10.6 Å². The molecule has 3 nitrogen and oxygen atoms in total. The van der Waals surface area contributed by atoms with E-state index in [0.29, 0.717) is 5.69 Å². The van der Waals surface area contributed by atoms with E-state index >= 15 is 0 Å². The molecule has 0 unspecified atom stereocenters. The Morgan fingerprint density at radius 2 is 2.15 bits per heavy atom. The highest BCUT2D eigenvalue weighted by atomic mass is 35.5. The van der Waals surface area contributed by atoms with Crippen molar-refractivity contribution in [1.29, 1.82) is 0 Å². The number of thiophene rings is 1. The highest BCUT2D eigenvalue weighted by Crippen LogP contribution is 2.29. The molecule has 0 saturated carbocycles. The molecular formula is C13H11ClF2N2OS. The standard InChI is InChI=1S/C13H11ClF2N2OS/c1-7(19)18-11-2-3-20-12(11)6-17-13-9(14)4-8(15)5-10(13)16/h2-5,17H,6H2,1H3,(H,18,19). The summed E-state index contributed by atoms with van der Waals surface area (Å²) in [6.07, 6.45) is 0. The Bertz CT molecular complexity index is 622. The van der Waals surface area contributed by atoms with Crippen LogP contribution in [-0.4, -0.2) is 5.91 Å². The van der Waals surface area contributed by atoms with Crippen LogP contribution in [0.5, 0.6) is 0 Å². The van der Waals surface area contributed by atoms with Gasteiger partial charge < -0.3 is 10.6 Å². The van der Waals surface area contributed by atoms with Crippen LogP contribution >= 0.6 is 22.9 Å². The molecule has 0 spiro atoms. The van der Waals surface area contributed by atoms with E-state index in [1.807, 2.05) is 5.38 Å². The second-order valence-electron chi connectivity index (χ2n) is 4.04. The van der Waals surface area contributed by atoms with Crippen LogP contribution in [0.25, 0.3) is 0 Å². The largest absolute Gasteiger partial charge is 0.376 e. The van der Waals surface area contributed by atoms with Crippen LogP contribution in [0.15, 0.2) is 23.6 Å². The first kappa shape index (κ1) is 14.7. The minimum Gasteiger partial charge on any atom is -0.376 e. The molecule has 0 aliphatic rings. The van der Waals surface area contributed by atoms with Gasteiger partial charge in [0, 0.05) is 17.9 Å². The third-order valence-corrected chi connectivity index (χ3v) is 3.71. The Morgan fingerprint density at radius 3 is 2.80 bits per heavy atom. The summed E-state index contributed by atoms with van der Waals surface area (Å²) in [4.78, 5) is 11.9. The summed E-state index contributed by atoms with van der Waals surface area (Å²) in [6.45, 7) is 1.68. The van der Waals surface area contributed by atoms with Gasteiger partial charge in [-0.25, -0.2) is 8.78 Å². The van der Waals surface area contributed by atoms with Gasteiger partial charge in [-0.2, -0.15) is 0 Å². The molecule has 106 valence electrons. The molecule has 0 atom stereocenters. The van der Waals surface area contributed by atoms with Crippen LogP contribution in [0.2, 0.25) is 5.02 Å². The molecule has 0 aliphatic heterocycles. The van der Waals surface area contributed by atoms with E-state index < -0.39 is 11.6 Å². The molecule has 0 bridgehead atoms. The minimum atomic E-state index is -0.757. The summed E-state index contributed by atoms with van der Waals surface area (Å²) in [5.41, 5.74) is 0.698. The lowest BCUT2D eigenvalue weighted by Crippen LogP contribution is -2.08. The Kier molecular flexibility index (Phi) is 4.57. The number of halogens is 3. The highest BCUT2D eigenvalue weighted by Gasteiger charge is 2.11. The number of carbonyl (C=O) groups is 1. The van der Waals surface area contributed by atoms with Crippen molar-refractivity contribution in [3.05, 3.63) is 45.1 Å². The maximum Gasteiger partial charge on any atom is 0.221 e. The molecule has 1 aromatic carbocycles. The predicted octanol–water partition coefficient (Wildman–Crippen LogP) is 4.25. The molecule has 2 rings (SSSR count). The number of rotatable bonds is 4. The molecule has 0 aliphatic carbocycles. The van der Waals surface area contributed by atoms with Crippen LogP contribution < -0.4 is 10.6 Å². The van der Waals surface area contributed by atoms with Gasteiger partial charge >= 0.3 is 0 Å². The summed E-state index contributed by atoms with van der Waals surface area (Å²) >= 11 is 7.20. The molecule has 0 radical (unpaired) electrons. The summed E-state index contributed by atoms with van der Waals surface area (Å²) in [7, 11) is 0. The van der Waals surface area contributed by atoms with Gasteiger partial charge in [-0.3, -0.25) is 4.79 Å². The Balaban J connectivity index is 2.13. The fourth-order valence-electron chi connectivity index (χ4n) is 1.66. The molecule has 20 heavy (non-hydrogen) atoms. The maximum absolute atomic E-state index is 13.6. The summed E-state index contributed by atoms with van der Waals surface area (Å²) in [5, 5.41) is 7.27. The highest BCUT2D eigenvalue weighted by molar-refractivity contribution is 7.10. The number of hydrogen-bond donors (Lipinski definition) is 2. The molecule has 1 aromatic heterocycles. The van der Waals surface area contributed by atoms with Gasteiger partial charge in [-0.15, -0.1) is 11.3 Å². The van der Waals surface area contributed by atoms with Gasteiger partial charge in [0.2, 0.25) is 5.91 Å². The molecule has 2 N–H and O–H groups in total. The average molecular weight is 317 g/mol. The van der Waals surface area contributed by atoms with E-state index in [0.717, 1.165) is 17.0 Å². The Hall–Kier alpha value is -1.66. The minimum absolute atomic E-state index is 0.0277. The topological polar surface area (TPSA) is 41.1 Å². The van der Waals surface area contributed by atoms with Gasteiger partial charge in [-0.05, 0) is 17.5 Å². The zero-order valence-corrected chi connectivity index (χ0v) is 12.0. The molecule has 1 amide bonds. The molecule has 2 aromatic rings. The SMILES string of the molecule is CC(=O)Nc1ccsc1CNc1c(F)cc(F)cc1Cl. The van der Waals surface area contributed by atoms with Gasteiger partial charge in [0.15, 0.2) is 5.82 Å². The average Bonchev–Trinajstić information content (AvgIpc) is 2.74. The first-order chi connectivity index (χ1) is 9.47. The zero-order chi connectivity index (χ0) is 14.7. The van der Waals surface area contributed by atoms with E-state index in [1.54, 1.807) is 6.07 Å². The van der Waals surface area contributed by atoms with Crippen LogP contribution in [0.3, 0.4) is 0 Å². The monoisotopic (exact) mass is 316 g/mol. The predicted molar refractivity (Wildman–Crippen MR) is 77.3 cm³/mol. The van der Waals surface area contributed by atoms with E-state index in [1.165, 1.54) is 18.3 Å². The van der Waals surface area contributed by atoms with Gasteiger partial charge in [0.25, 0.3) is 0 Å². The van der Waals surface area contributed by atoms with Crippen molar-refractivity contribution in [2.75, 3.05) is 10.6 Å². The fraction of sp³-hybridized carbons (Fsp3) is 0.154.